The lowest BCUT2D eigenvalue weighted by Crippen LogP contribution is -2.66. The largest absolute Gasteiger partial charge is 0.393 e. The molecule has 0 radical (unpaired) electrons. The van der Waals surface area contributed by atoms with Gasteiger partial charge in [0.05, 0.1) is 13.2 Å². The zero-order chi connectivity index (χ0) is 12.3. The van der Waals surface area contributed by atoms with Crippen LogP contribution < -0.4 is 0 Å². The average molecular weight is 211 g/mol. The molecule has 0 saturated carbocycles. The normalized spacial score (nSPS) is 19.7. The van der Waals surface area contributed by atoms with Gasteiger partial charge in [-0.3, -0.25) is 4.79 Å². The van der Waals surface area contributed by atoms with Crippen molar-refractivity contribution in [3.05, 3.63) is 0 Å². The lowest BCUT2D eigenvalue weighted by atomic mass is 9.90. The first-order valence-corrected chi connectivity index (χ1v) is 3.70. The molecule has 0 aliphatic heterocycles. The predicted octanol–water partition coefficient (Wildman–Crippen LogP) is -3.40. The van der Waals surface area contributed by atoms with Gasteiger partial charge in [-0.25, -0.2) is 0 Å². The van der Waals surface area contributed by atoms with Crippen LogP contribution in [0.5, 0.6) is 0 Å². The van der Waals surface area contributed by atoms with E-state index in [2.05, 4.69) is 4.74 Å². The van der Waals surface area contributed by atoms with Gasteiger partial charge in [-0.15, -0.1) is 0 Å². The van der Waals surface area contributed by atoms with Crippen molar-refractivity contribution in [3.8, 4) is 0 Å². The maximum absolute atomic E-state index is 10.9. The Morgan fingerprint density at radius 1 is 1.57 bits per heavy atom. The number of hydrogen-bond donors (Lipinski definition) is 5. The van der Waals surface area contributed by atoms with Crippen molar-refractivity contribution < 1.29 is 36.4 Å². The number of carbonyl (C=O) groups is 1. The molecule has 0 rings (SSSR count). The molecule has 0 heterocycles. The molecule has 14 heavy (non-hydrogen) atoms. The van der Waals surface area contributed by atoms with Crippen molar-refractivity contribution in [2.24, 2.45) is 0 Å². The summed E-state index contributed by atoms with van der Waals surface area (Å²) < 4.78 is 11.1. The molecule has 0 aliphatic carbocycles. The maximum atomic E-state index is 10.9. The second kappa shape index (κ2) is 4.78. The van der Waals surface area contributed by atoms with Gasteiger partial charge in [0, 0.05) is 7.11 Å². The summed E-state index contributed by atoms with van der Waals surface area (Å²) in [6.07, 6.45) is -3.79. The fourth-order valence-electron chi connectivity index (χ4n) is 0.877. The lowest BCUT2D eigenvalue weighted by molar-refractivity contribution is -0.317. The zero-order valence-corrected chi connectivity index (χ0v) is 7.54. The molecular weight excluding hydrogens is 196 g/mol. The first kappa shape index (κ1) is 11.5. The monoisotopic (exact) mass is 211 g/mol. The lowest BCUT2D eigenvalue weighted by Gasteiger charge is -2.39. The van der Waals surface area contributed by atoms with Crippen molar-refractivity contribution in [2.75, 3.05) is 20.3 Å². The Kier molecular flexibility index (Phi) is 3.93. The predicted molar refractivity (Wildman–Crippen MR) is 43.2 cm³/mol. The SMILES string of the molecule is [2H]C(=O)[C@](CO)(OC)C(O)(O)[C@H](O)CO. The topological polar surface area (TPSA) is 127 Å². The smallest absolute Gasteiger partial charge is 0.231 e. The Morgan fingerprint density at radius 2 is 2.07 bits per heavy atom. The third-order valence-electron chi connectivity index (χ3n) is 1.97. The summed E-state index contributed by atoms with van der Waals surface area (Å²) in [5.74, 6) is -3.26. The summed E-state index contributed by atoms with van der Waals surface area (Å²) in [5.41, 5.74) is -2.71. The van der Waals surface area contributed by atoms with Crippen molar-refractivity contribution in [2.45, 2.75) is 17.5 Å². The van der Waals surface area contributed by atoms with Gasteiger partial charge in [0.15, 0.2) is 6.26 Å². The van der Waals surface area contributed by atoms with Crippen molar-refractivity contribution in [1.82, 2.24) is 0 Å². The maximum Gasteiger partial charge on any atom is 0.231 e. The van der Waals surface area contributed by atoms with E-state index in [9.17, 15) is 15.0 Å². The quantitative estimate of drug-likeness (QED) is 0.229. The number of aldehydes is 1. The van der Waals surface area contributed by atoms with Crippen LogP contribution in [0.1, 0.15) is 1.37 Å². The van der Waals surface area contributed by atoms with Crippen LogP contribution in [0.4, 0.5) is 0 Å². The highest BCUT2D eigenvalue weighted by atomic mass is 16.6. The van der Waals surface area contributed by atoms with Gasteiger partial charge in [0.2, 0.25) is 11.4 Å². The third-order valence-corrected chi connectivity index (χ3v) is 1.97. The van der Waals surface area contributed by atoms with Crippen molar-refractivity contribution in [1.29, 1.82) is 0 Å². The van der Waals surface area contributed by atoms with Gasteiger partial charge >= 0.3 is 0 Å². The molecule has 0 amide bonds. The minimum Gasteiger partial charge on any atom is -0.393 e. The number of methoxy groups -OCH3 is 1. The minimum atomic E-state index is -3.26. The fraction of sp³-hybridized carbons (Fsp3) is 0.857. The first-order chi connectivity index (χ1) is 6.80. The van der Waals surface area contributed by atoms with Crippen LogP contribution in [-0.2, 0) is 9.53 Å². The highest BCUT2D eigenvalue weighted by molar-refractivity contribution is 5.65. The Labute approximate surface area is 81.6 Å². The second-order valence-electron chi connectivity index (χ2n) is 2.72. The van der Waals surface area contributed by atoms with Gasteiger partial charge in [-0.05, 0) is 0 Å². The van der Waals surface area contributed by atoms with Crippen LogP contribution >= 0.6 is 0 Å². The number of aliphatic hydroxyl groups is 5. The van der Waals surface area contributed by atoms with Gasteiger partial charge in [0.25, 0.3) is 0 Å². The van der Waals surface area contributed by atoms with Crippen LogP contribution in [0.25, 0.3) is 0 Å². The number of carbonyl (C=O) groups excluding carboxylic acids is 1. The molecule has 0 aromatic carbocycles. The summed E-state index contributed by atoms with van der Waals surface area (Å²) in [7, 11) is 0.855. The van der Waals surface area contributed by atoms with Gasteiger partial charge in [-0.1, -0.05) is 0 Å². The number of rotatable bonds is 6. The zero-order valence-electron chi connectivity index (χ0n) is 8.54. The van der Waals surface area contributed by atoms with E-state index in [1.807, 2.05) is 0 Å². The molecule has 84 valence electrons. The molecule has 0 fully saturated rings. The Morgan fingerprint density at radius 3 is 2.29 bits per heavy atom. The summed E-state index contributed by atoms with van der Waals surface area (Å²) in [6.45, 7) is -2.30. The van der Waals surface area contributed by atoms with Crippen LogP contribution in [0.15, 0.2) is 0 Å². The van der Waals surface area contributed by atoms with E-state index < -0.39 is 37.0 Å². The van der Waals surface area contributed by atoms with Crippen LogP contribution in [0, 0.1) is 0 Å². The molecule has 0 saturated heterocycles. The summed E-state index contributed by atoms with van der Waals surface area (Å²) >= 11 is 0. The Bertz CT molecular complexity index is 225. The minimum absolute atomic E-state index is 0.855. The van der Waals surface area contributed by atoms with E-state index in [4.69, 9.17) is 16.7 Å². The second-order valence-corrected chi connectivity index (χ2v) is 2.72. The molecule has 0 aliphatic rings. The molecule has 0 aromatic rings. The number of aliphatic hydroxyl groups excluding tert-OH is 3. The molecule has 0 bridgehead atoms. The third kappa shape index (κ3) is 1.92. The standard InChI is InChI=1S/C7H14O7/c1-14-6(3-9,4-10)7(12,13)5(11)2-8/h3,5,8,10-13H,2,4H2,1H3/t5-,6-/m1/s1/i3D. The average Bonchev–Trinajstić information content (AvgIpc) is 2.18. The van der Waals surface area contributed by atoms with Crippen LogP contribution in [-0.4, -0.2) is 69.6 Å². The highest BCUT2D eigenvalue weighted by Crippen LogP contribution is 2.24. The van der Waals surface area contributed by atoms with E-state index in [1.165, 1.54) is 0 Å². The Balaban J connectivity index is 5.32. The van der Waals surface area contributed by atoms with Crippen molar-refractivity contribution in [3.63, 3.8) is 0 Å². The van der Waals surface area contributed by atoms with E-state index in [-0.39, 0.29) is 0 Å². The van der Waals surface area contributed by atoms with E-state index >= 15 is 0 Å². The number of ether oxygens (including phenoxy) is 1. The van der Waals surface area contributed by atoms with Gasteiger partial charge in [-0.2, -0.15) is 0 Å². The molecule has 7 heteroatoms. The van der Waals surface area contributed by atoms with E-state index in [1.54, 1.807) is 0 Å². The van der Waals surface area contributed by atoms with Crippen molar-refractivity contribution >= 4 is 6.26 Å². The molecule has 0 aromatic heterocycles. The molecular formula is C7H14O7. The highest BCUT2D eigenvalue weighted by Gasteiger charge is 2.54. The van der Waals surface area contributed by atoms with E-state index in [0.29, 0.717) is 0 Å². The summed E-state index contributed by atoms with van der Waals surface area (Å²) in [5, 5.41) is 45.2. The molecule has 5 N–H and O–H groups in total. The number of hydrogen-bond acceptors (Lipinski definition) is 7. The summed E-state index contributed by atoms with van der Waals surface area (Å²) in [6, 6.07) is 0. The summed E-state index contributed by atoms with van der Waals surface area (Å²) in [4.78, 5) is 10.9. The molecule has 0 spiro atoms. The molecule has 2 atom stereocenters. The van der Waals surface area contributed by atoms with Crippen LogP contribution in [0.3, 0.4) is 0 Å². The van der Waals surface area contributed by atoms with Gasteiger partial charge in [0.1, 0.15) is 7.47 Å². The Hall–Kier alpha value is -0.570. The van der Waals surface area contributed by atoms with E-state index in [0.717, 1.165) is 7.11 Å². The molecule has 7 nitrogen and oxygen atoms in total. The molecule has 0 unspecified atom stereocenters. The fourth-order valence-corrected chi connectivity index (χ4v) is 0.877. The first-order valence-electron chi connectivity index (χ1n) is 4.20. The van der Waals surface area contributed by atoms with Crippen LogP contribution in [0.2, 0.25) is 0 Å². The van der Waals surface area contributed by atoms with Gasteiger partial charge < -0.3 is 30.3 Å².